The van der Waals surface area contributed by atoms with Crippen LogP contribution in [0.3, 0.4) is 0 Å². The van der Waals surface area contributed by atoms with Gasteiger partial charge in [-0.3, -0.25) is 19.7 Å². The van der Waals surface area contributed by atoms with Gasteiger partial charge in [0.05, 0.1) is 43.2 Å². The van der Waals surface area contributed by atoms with Crippen molar-refractivity contribution in [2.24, 2.45) is 5.10 Å². The van der Waals surface area contributed by atoms with Gasteiger partial charge < -0.3 is 24.3 Å². The molecule has 0 aliphatic carbocycles. The van der Waals surface area contributed by atoms with E-state index in [1.54, 1.807) is 25.1 Å². The molecule has 0 aliphatic rings. The summed E-state index contributed by atoms with van der Waals surface area (Å²) >= 11 is 0. The lowest BCUT2D eigenvalue weighted by Crippen LogP contribution is -2.33. The number of anilines is 1. The lowest BCUT2D eigenvalue weighted by Gasteiger charge is -2.12. The van der Waals surface area contributed by atoms with Gasteiger partial charge in [-0.1, -0.05) is 0 Å². The molecule has 2 N–H and O–H groups in total. The van der Waals surface area contributed by atoms with Gasteiger partial charge in [0.2, 0.25) is 0 Å². The molecule has 3 aromatic carbocycles. The second-order valence-electron chi connectivity index (χ2n) is 7.72. The van der Waals surface area contributed by atoms with Crippen LogP contribution >= 0.6 is 0 Å². The van der Waals surface area contributed by atoms with Gasteiger partial charge in [-0.15, -0.1) is 0 Å². The molecule has 202 valence electrons. The third kappa shape index (κ3) is 7.07. The van der Waals surface area contributed by atoms with E-state index in [1.807, 2.05) is 0 Å². The van der Waals surface area contributed by atoms with Crippen molar-refractivity contribution in [3.63, 3.8) is 0 Å². The fourth-order valence-electron chi connectivity index (χ4n) is 3.19. The molecule has 2 amide bonds. The van der Waals surface area contributed by atoms with Crippen molar-refractivity contribution in [2.45, 2.75) is 6.92 Å². The molecule has 0 fully saturated rings. The van der Waals surface area contributed by atoms with Crippen LogP contribution in [0.2, 0.25) is 0 Å². The Morgan fingerprint density at radius 1 is 0.795 bits per heavy atom. The first kappa shape index (κ1) is 28.1. The zero-order chi connectivity index (χ0) is 28.5. The Morgan fingerprint density at radius 2 is 1.46 bits per heavy atom. The molecule has 0 bridgehead atoms. The highest BCUT2D eigenvalue weighted by Crippen LogP contribution is 2.30. The van der Waals surface area contributed by atoms with E-state index in [1.165, 1.54) is 63.8 Å². The number of nitrogens with zero attached hydrogens (tertiary/aromatic N) is 2. The van der Waals surface area contributed by atoms with Crippen LogP contribution in [0.25, 0.3) is 0 Å². The van der Waals surface area contributed by atoms with Crippen LogP contribution < -0.4 is 29.7 Å². The quantitative estimate of drug-likeness (QED) is 0.104. The summed E-state index contributed by atoms with van der Waals surface area (Å²) in [7, 11) is 4.26. The fraction of sp³-hybridized carbons (Fsp3) is 0.154. The molecule has 0 aliphatic heterocycles. The number of nitrogens with one attached hydrogen (secondary N) is 2. The first-order valence-corrected chi connectivity index (χ1v) is 11.2. The maximum Gasteiger partial charge on any atom is 0.343 e. The van der Waals surface area contributed by atoms with Crippen LogP contribution in [-0.4, -0.2) is 49.7 Å². The predicted octanol–water partition coefficient (Wildman–Crippen LogP) is 3.32. The van der Waals surface area contributed by atoms with Crippen LogP contribution in [0.1, 0.15) is 22.8 Å². The molecule has 0 radical (unpaired) electrons. The van der Waals surface area contributed by atoms with E-state index in [4.69, 9.17) is 18.9 Å². The summed E-state index contributed by atoms with van der Waals surface area (Å²) in [6.45, 7) is 1.59. The Kier molecular flexibility index (Phi) is 9.14. The average molecular weight is 536 g/mol. The molecule has 0 heterocycles. The number of nitro groups is 1. The van der Waals surface area contributed by atoms with Crippen LogP contribution in [0.4, 0.5) is 11.4 Å². The normalized spacial score (nSPS) is 10.7. The first-order chi connectivity index (χ1) is 18.7. The van der Waals surface area contributed by atoms with Crippen LogP contribution in [0, 0.1) is 10.1 Å². The Hall–Kier alpha value is -5.46. The number of non-ortho nitro benzene ring substituents is 1. The molecular formula is C26H24N4O9. The van der Waals surface area contributed by atoms with Gasteiger partial charge in [-0.05, 0) is 49.4 Å². The number of rotatable bonds is 9. The molecule has 0 spiro atoms. The maximum atomic E-state index is 12.5. The van der Waals surface area contributed by atoms with Crippen LogP contribution in [0.15, 0.2) is 65.8 Å². The van der Waals surface area contributed by atoms with E-state index >= 15 is 0 Å². The predicted molar refractivity (Wildman–Crippen MR) is 140 cm³/mol. The number of ether oxygens (including phenoxy) is 4. The Labute approximate surface area is 222 Å². The summed E-state index contributed by atoms with van der Waals surface area (Å²) in [5.41, 5.74) is 3.22. The molecule has 13 nitrogen and oxygen atoms in total. The number of amides is 2. The number of esters is 1. The van der Waals surface area contributed by atoms with Gasteiger partial charge in [-0.2, -0.15) is 5.10 Å². The Balaban J connectivity index is 1.67. The smallest absolute Gasteiger partial charge is 0.343 e. The number of hydrazone groups is 1. The highest BCUT2D eigenvalue weighted by Gasteiger charge is 2.18. The van der Waals surface area contributed by atoms with Crippen LogP contribution in [0.5, 0.6) is 23.0 Å². The molecule has 0 saturated carbocycles. The van der Waals surface area contributed by atoms with Crippen molar-refractivity contribution < 1.29 is 38.3 Å². The van der Waals surface area contributed by atoms with Crippen molar-refractivity contribution in [2.75, 3.05) is 26.6 Å². The summed E-state index contributed by atoms with van der Waals surface area (Å²) in [5.74, 6) is -1.64. The van der Waals surface area contributed by atoms with Crippen molar-refractivity contribution in [3.8, 4) is 23.0 Å². The third-order valence-electron chi connectivity index (χ3n) is 5.29. The lowest BCUT2D eigenvalue weighted by atomic mass is 10.1. The number of hydrogen-bond acceptors (Lipinski definition) is 10. The van der Waals surface area contributed by atoms with Crippen molar-refractivity contribution in [1.82, 2.24) is 5.43 Å². The molecule has 13 heteroatoms. The summed E-state index contributed by atoms with van der Waals surface area (Å²) in [6.07, 6.45) is 0. The zero-order valence-corrected chi connectivity index (χ0v) is 21.3. The summed E-state index contributed by atoms with van der Waals surface area (Å²) in [6, 6.07) is 14.2. The second-order valence-corrected chi connectivity index (χ2v) is 7.72. The lowest BCUT2D eigenvalue weighted by molar-refractivity contribution is -0.384. The summed E-state index contributed by atoms with van der Waals surface area (Å²) < 4.78 is 21.0. The number of carbonyl (C=O) groups excluding carboxylic acids is 3. The van der Waals surface area contributed by atoms with Gasteiger partial charge in [-0.25, -0.2) is 10.2 Å². The minimum atomic E-state index is -1.02. The fourth-order valence-corrected chi connectivity index (χ4v) is 3.19. The number of hydrogen-bond donors (Lipinski definition) is 2. The molecule has 0 atom stereocenters. The summed E-state index contributed by atoms with van der Waals surface area (Å²) in [5, 5.41) is 17.2. The number of benzene rings is 3. The molecule has 39 heavy (non-hydrogen) atoms. The van der Waals surface area contributed by atoms with Crippen LogP contribution in [-0.2, 0) is 9.59 Å². The van der Waals surface area contributed by atoms with E-state index in [0.29, 0.717) is 22.8 Å². The molecule has 3 aromatic rings. The van der Waals surface area contributed by atoms with Gasteiger partial charge in [0.1, 0.15) is 11.5 Å². The van der Waals surface area contributed by atoms with E-state index in [-0.39, 0.29) is 28.4 Å². The van der Waals surface area contributed by atoms with E-state index in [9.17, 15) is 24.5 Å². The van der Waals surface area contributed by atoms with E-state index in [0.717, 1.165) is 0 Å². The average Bonchev–Trinajstić information content (AvgIpc) is 2.95. The third-order valence-corrected chi connectivity index (χ3v) is 5.29. The Bertz CT molecular complexity index is 1440. The molecule has 3 rings (SSSR count). The van der Waals surface area contributed by atoms with Gasteiger partial charge in [0.25, 0.3) is 5.69 Å². The Morgan fingerprint density at radius 3 is 2.08 bits per heavy atom. The topological polar surface area (TPSA) is 168 Å². The molecule has 0 aromatic heterocycles. The minimum Gasteiger partial charge on any atom is -0.497 e. The van der Waals surface area contributed by atoms with E-state index < -0.39 is 22.7 Å². The number of methoxy groups -OCH3 is 3. The van der Waals surface area contributed by atoms with Crippen molar-refractivity contribution >= 4 is 34.9 Å². The molecule has 0 saturated heterocycles. The summed E-state index contributed by atoms with van der Waals surface area (Å²) in [4.78, 5) is 47.3. The van der Waals surface area contributed by atoms with Gasteiger partial charge in [0, 0.05) is 23.8 Å². The molecular weight excluding hydrogens is 512 g/mol. The van der Waals surface area contributed by atoms with Gasteiger partial charge in [0.15, 0.2) is 11.5 Å². The highest BCUT2D eigenvalue weighted by atomic mass is 16.6. The van der Waals surface area contributed by atoms with E-state index in [2.05, 4.69) is 15.8 Å². The van der Waals surface area contributed by atoms with Crippen molar-refractivity contribution in [1.29, 1.82) is 0 Å². The number of nitro benzene ring substituents is 1. The second kappa shape index (κ2) is 12.7. The zero-order valence-electron chi connectivity index (χ0n) is 21.3. The highest BCUT2D eigenvalue weighted by molar-refractivity contribution is 6.39. The largest absolute Gasteiger partial charge is 0.497 e. The van der Waals surface area contributed by atoms with Gasteiger partial charge >= 0.3 is 17.8 Å². The monoisotopic (exact) mass is 536 g/mol. The van der Waals surface area contributed by atoms with Crippen molar-refractivity contribution in [3.05, 3.63) is 81.9 Å². The maximum absolute atomic E-state index is 12.5. The standard InChI is InChI=1S/C26H24N4O9/c1-15(28-29-25(32)24(31)27-20-11-10-19(36-2)14-22(20)37-3)17-7-12-21(23(13-17)38-4)39-26(33)16-5-8-18(9-6-16)30(34)35/h5-14H,1-4H3,(H,27,31)(H,29,32). The minimum absolute atomic E-state index is 0.0919. The molecule has 0 unspecified atom stereocenters. The SMILES string of the molecule is COc1ccc(NC(=O)C(=O)NN=C(C)c2ccc(OC(=O)c3ccc([N+](=O)[O-])cc3)c(OC)c2)c(OC)c1. The first-order valence-electron chi connectivity index (χ1n) is 11.2. The number of carbonyl (C=O) groups is 3.